The van der Waals surface area contributed by atoms with E-state index in [1.165, 1.54) is 0 Å². The molecule has 1 aromatic rings. The fraction of sp³-hybridized carbons (Fsp3) is 0.250. The van der Waals surface area contributed by atoms with Crippen LogP contribution in [-0.4, -0.2) is 11.3 Å². The molecule has 0 aliphatic heterocycles. The van der Waals surface area contributed by atoms with Gasteiger partial charge in [-0.25, -0.2) is 8.78 Å². The predicted octanol–water partition coefficient (Wildman–Crippen LogP) is 2.85. The number of aromatic nitrogens is 1. The molecular weight excluding hydrogens is 221 g/mol. The molecule has 0 amide bonds. The maximum atomic E-state index is 12.3. The van der Waals surface area contributed by atoms with Crippen LogP contribution in [0.4, 0.5) is 22.0 Å². The Morgan fingerprint density at radius 2 is 1.93 bits per heavy atom. The van der Waals surface area contributed by atoms with Gasteiger partial charge in [0.2, 0.25) is 0 Å². The topological polar surface area (TPSA) is 30.0 Å². The Kier molecular flexibility index (Phi) is 3.01. The molecule has 0 saturated heterocycles. The molecule has 0 aliphatic carbocycles. The second kappa shape index (κ2) is 3.92. The van der Waals surface area contributed by atoms with Crippen LogP contribution in [0.3, 0.4) is 0 Å². The largest absolute Gasteiger partial charge is 0.419 e. The third kappa shape index (κ3) is 2.28. The summed E-state index contributed by atoms with van der Waals surface area (Å²) in [6.07, 6.45) is -7.78. The van der Waals surface area contributed by atoms with Crippen molar-refractivity contribution >= 4 is 6.29 Å². The summed E-state index contributed by atoms with van der Waals surface area (Å²) in [6, 6.07) is 0.542. The summed E-state index contributed by atoms with van der Waals surface area (Å²) in [7, 11) is 0. The minimum Gasteiger partial charge on any atom is -0.296 e. The molecule has 0 fully saturated rings. The Balaban J connectivity index is 3.47. The normalized spacial score (nSPS) is 11.9. The highest BCUT2D eigenvalue weighted by Crippen LogP contribution is 2.37. The SMILES string of the molecule is O=Cc1nccc(C(F)F)c1C(F)(F)F. The number of carbonyl (C=O) groups is 1. The number of carbonyl (C=O) groups excluding carboxylic acids is 1. The highest BCUT2D eigenvalue weighted by atomic mass is 19.4. The van der Waals surface area contributed by atoms with Gasteiger partial charge in [-0.2, -0.15) is 13.2 Å². The molecular formula is C8H4F5NO. The van der Waals surface area contributed by atoms with Gasteiger partial charge in [-0.15, -0.1) is 0 Å². The first kappa shape index (κ1) is 11.5. The smallest absolute Gasteiger partial charge is 0.296 e. The van der Waals surface area contributed by atoms with E-state index < -0.39 is 29.4 Å². The van der Waals surface area contributed by atoms with Gasteiger partial charge in [-0.1, -0.05) is 0 Å². The highest BCUT2D eigenvalue weighted by Gasteiger charge is 2.38. The average Bonchev–Trinajstić information content (AvgIpc) is 2.15. The molecule has 1 aromatic heterocycles. The predicted molar refractivity (Wildman–Crippen MR) is 39.6 cm³/mol. The average molecular weight is 225 g/mol. The summed E-state index contributed by atoms with van der Waals surface area (Å²) in [5.74, 6) is 0. The Bertz CT molecular complexity index is 374. The van der Waals surface area contributed by atoms with Gasteiger partial charge < -0.3 is 0 Å². The molecule has 0 atom stereocenters. The zero-order chi connectivity index (χ0) is 11.6. The van der Waals surface area contributed by atoms with Crippen molar-refractivity contribution < 1.29 is 26.7 Å². The Labute approximate surface area is 80.7 Å². The maximum absolute atomic E-state index is 12.3. The van der Waals surface area contributed by atoms with Crippen molar-refractivity contribution in [3.63, 3.8) is 0 Å². The number of rotatable bonds is 2. The molecule has 0 radical (unpaired) electrons. The molecule has 82 valence electrons. The van der Waals surface area contributed by atoms with E-state index in [4.69, 9.17) is 0 Å². The van der Waals surface area contributed by atoms with Crippen LogP contribution in [0.15, 0.2) is 12.3 Å². The second-order valence-electron chi connectivity index (χ2n) is 2.58. The zero-order valence-corrected chi connectivity index (χ0v) is 7.05. The quantitative estimate of drug-likeness (QED) is 0.572. The van der Waals surface area contributed by atoms with E-state index in [9.17, 15) is 26.7 Å². The number of pyridine rings is 1. The third-order valence-electron chi connectivity index (χ3n) is 1.64. The number of alkyl halides is 5. The minimum absolute atomic E-state index is 0.200. The number of nitrogens with zero attached hydrogens (tertiary/aromatic N) is 1. The van der Waals surface area contributed by atoms with Crippen LogP contribution in [0, 0.1) is 0 Å². The van der Waals surface area contributed by atoms with E-state index in [1.54, 1.807) is 0 Å². The van der Waals surface area contributed by atoms with E-state index in [2.05, 4.69) is 4.98 Å². The first-order valence-corrected chi connectivity index (χ1v) is 3.67. The third-order valence-corrected chi connectivity index (χ3v) is 1.64. The number of halogens is 5. The van der Waals surface area contributed by atoms with Gasteiger partial charge in [0.25, 0.3) is 6.43 Å². The number of aldehydes is 1. The maximum Gasteiger partial charge on any atom is 0.419 e. The molecule has 0 aromatic carbocycles. The molecule has 1 heterocycles. The fourth-order valence-corrected chi connectivity index (χ4v) is 1.07. The number of hydrogen-bond donors (Lipinski definition) is 0. The van der Waals surface area contributed by atoms with Crippen LogP contribution in [-0.2, 0) is 6.18 Å². The Morgan fingerprint density at radius 1 is 1.33 bits per heavy atom. The standard InChI is InChI=1S/C8H4F5NO/c9-7(10)4-1-2-14-5(3-15)6(4)8(11,12)13/h1-3,7H. The van der Waals surface area contributed by atoms with Gasteiger partial charge in [-0.3, -0.25) is 9.78 Å². The summed E-state index contributed by atoms with van der Waals surface area (Å²) in [4.78, 5) is 13.3. The van der Waals surface area contributed by atoms with Gasteiger partial charge in [0.05, 0.1) is 5.56 Å². The first-order chi connectivity index (χ1) is 6.88. The van der Waals surface area contributed by atoms with E-state index in [0.717, 1.165) is 6.20 Å². The second-order valence-corrected chi connectivity index (χ2v) is 2.58. The summed E-state index contributed by atoms with van der Waals surface area (Å²) in [5, 5.41) is 0. The van der Waals surface area contributed by atoms with Crippen LogP contribution in [0.2, 0.25) is 0 Å². The number of hydrogen-bond acceptors (Lipinski definition) is 2. The van der Waals surface area contributed by atoms with Crippen LogP contribution in [0.1, 0.15) is 28.0 Å². The summed E-state index contributed by atoms with van der Waals surface area (Å²) >= 11 is 0. The van der Waals surface area contributed by atoms with Crippen molar-refractivity contribution in [3.8, 4) is 0 Å². The van der Waals surface area contributed by atoms with Crippen LogP contribution < -0.4 is 0 Å². The molecule has 0 bridgehead atoms. The van der Waals surface area contributed by atoms with Crippen LogP contribution in [0.25, 0.3) is 0 Å². The molecule has 0 N–H and O–H groups in total. The molecule has 0 saturated carbocycles. The van der Waals surface area contributed by atoms with Gasteiger partial charge in [0.1, 0.15) is 5.69 Å². The van der Waals surface area contributed by atoms with Gasteiger partial charge in [-0.05, 0) is 6.07 Å². The molecule has 2 nitrogen and oxygen atoms in total. The molecule has 0 unspecified atom stereocenters. The lowest BCUT2D eigenvalue weighted by molar-refractivity contribution is -0.140. The van der Waals surface area contributed by atoms with Crippen LogP contribution >= 0.6 is 0 Å². The summed E-state index contributed by atoms with van der Waals surface area (Å²) < 4.78 is 61.4. The lowest BCUT2D eigenvalue weighted by Crippen LogP contribution is -2.14. The van der Waals surface area contributed by atoms with Gasteiger partial charge in [0, 0.05) is 11.8 Å². The van der Waals surface area contributed by atoms with Crippen molar-refractivity contribution in [1.82, 2.24) is 4.98 Å². The van der Waals surface area contributed by atoms with E-state index in [1.807, 2.05) is 0 Å². The van der Waals surface area contributed by atoms with Gasteiger partial charge >= 0.3 is 6.18 Å². The zero-order valence-electron chi connectivity index (χ0n) is 7.05. The summed E-state index contributed by atoms with van der Waals surface area (Å²) in [5.41, 5.74) is -3.94. The Hall–Kier alpha value is -1.53. The van der Waals surface area contributed by atoms with Crippen molar-refractivity contribution in [2.45, 2.75) is 12.6 Å². The molecule has 15 heavy (non-hydrogen) atoms. The highest BCUT2D eigenvalue weighted by molar-refractivity contribution is 5.75. The lowest BCUT2D eigenvalue weighted by Gasteiger charge is -2.13. The first-order valence-electron chi connectivity index (χ1n) is 3.67. The van der Waals surface area contributed by atoms with Crippen molar-refractivity contribution in [3.05, 3.63) is 29.1 Å². The molecule has 0 spiro atoms. The van der Waals surface area contributed by atoms with Crippen molar-refractivity contribution in [2.75, 3.05) is 0 Å². The van der Waals surface area contributed by atoms with E-state index in [0.29, 0.717) is 6.07 Å². The van der Waals surface area contributed by atoms with E-state index >= 15 is 0 Å². The van der Waals surface area contributed by atoms with Crippen molar-refractivity contribution in [2.24, 2.45) is 0 Å². The molecule has 7 heteroatoms. The summed E-state index contributed by atoms with van der Waals surface area (Å²) in [6.45, 7) is 0. The van der Waals surface area contributed by atoms with E-state index in [-0.39, 0.29) is 6.29 Å². The fourth-order valence-electron chi connectivity index (χ4n) is 1.07. The molecule has 1 rings (SSSR count). The monoisotopic (exact) mass is 225 g/mol. The van der Waals surface area contributed by atoms with Gasteiger partial charge in [0.15, 0.2) is 6.29 Å². The Morgan fingerprint density at radius 3 is 2.33 bits per heavy atom. The lowest BCUT2D eigenvalue weighted by atomic mass is 10.1. The van der Waals surface area contributed by atoms with Crippen molar-refractivity contribution in [1.29, 1.82) is 0 Å². The molecule has 0 aliphatic rings. The minimum atomic E-state index is -5.02. The van der Waals surface area contributed by atoms with Crippen LogP contribution in [0.5, 0.6) is 0 Å².